The van der Waals surface area contributed by atoms with E-state index in [1.807, 2.05) is 18.2 Å². The van der Waals surface area contributed by atoms with Crippen LogP contribution in [0.25, 0.3) is 0 Å². The van der Waals surface area contributed by atoms with Gasteiger partial charge in [-0.25, -0.2) is 0 Å². The first kappa shape index (κ1) is 13.4. The first-order valence-corrected chi connectivity index (χ1v) is 6.63. The predicted molar refractivity (Wildman–Crippen MR) is 72.9 cm³/mol. The average Bonchev–Trinajstić information content (AvgIpc) is 2.16. The van der Waals surface area contributed by atoms with Crippen molar-refractivity contribution in [3.8, 4) is 0 Å². The number of rotatable bonds is 2. The number of halogens is 1. The molecule has 0 amide bonds. The number of hydrogen-bond donors (Lipinski definition) is 1. The molecule has 0 unspecified atom stereocenters. The van der Waals surface area contributed by atoms with Crippen molar-refractivity contribution in [2.24, 2.45) is 11.3 Å². The molecule has 1 aromatic carbocycles. The van der Waals surface area contributed by atoms with E-state index in [-0.39, 0.29) is 5.41 Å². The molecule has 1 aliphatic rings. The minimum Gasteiger partial charge on any atom is -0.481 e. The lowest BCUT2D eigenvalue weighted by Gasteiger charge is -2.50. The van der Waals surface area contributed by atoms with Crippen LogP contribution in [0.2, 0.25) is 5.02 Å². The Kier molecular flexibility index (Phi) is 3.18. The molecule has 3 heteroatoms. The molecule has 0 bridgehead atoms. The summed E-state index contributed by atoms with van der Waals surface area (Å²) in [6, 6.07) is 7.30. The Morgan fingerprint density at radius 2 is 1.89 bits per heavy atom. The molecule has 18 heavy (non-hydrogen) atoms. The van der Waals surface area contributed by atoms with Crippen molar-refractivity contribution in [3.63, 3.8) is 0 Å². The lowest BCUT2D eigenvalue weighted by molar-refractivity contribution is -0.152. The van der Waals surface area contributed by atoms with Crippen LogP contribution in [0.5, 0.6) is 0 Å². The second-order valence-corrected chi connectivity index (χ2v) is 6.75. The van der Waals surface area contributed by atoms with Gasteiger partial charge in [0.05, 0.1) is 5.41 Å². The van der Waals surface area contributed by atoms with Crippen LogP contribution in [0, 0.1) is 11.3 Å². The van der Waals surface area contributed by atoms with Crippen LogP contribution in [-0.4, -0.2) is 11.1 Å². The molecular weight excluding hydrogens is 248 g/mol. The third-order valence-corrected chi connectivity index (χ3v) is 4.54. The molecule has 1 N–H and O–H groups in total. The van der Waals surface area contributed by atoms with Gasteiger partial charge in [-0.05, 0) is 35.8 Å². The maximum Gasteiger partial charge on any atom is 0.314 e. The van der Waals surface area contributed by atoms with E-state index in [4.69, 9.17) is 11.6 Å². The summed E-state index contributed by atoms with van der Waals surface area (Å²) in [6.07, 6.45) is 1.35. The van der Waals surface area contributed by atoms with Crippen LogP contribution < -0.4 is 0 Å². The maximum absolute atomic E-state index is 11.7. The van der Waals surface area contributed by atoms with Crippen molar-refractivity contribution in [1.82, 2.24) is 0 Å². The Balaban J connectivity index is 2.34. The van der Waals surface area contributed by atoms with Crippen molar-refractivity contribution >= 4 is 17.6 Å². The maximum atomic E-state index is 11.7. The van der Waals surface area contributed by atoms with Gasteiger partial charge >= 0.3 is 5.97 Å². The first-order valence-electron chi connectivity index (χ1n) is 6.26. The average molecular weight is 267 g/mol. The highest BCUT2D eigenvalue weighted by molar-refractivity contribution is 6.31. The van der Waals surface area contributed by atoms with Crippen LogP contribution in [0.4, 0.5) is 0 Å². The quantitative estimate of drug-likeness (QED) is 0.874. The fourth-order valence-corrected chi connectivity index (χ4v) is 3.07. The molecule has 0 heterocycles. The van der Waals surface area contributed by atoms with Crippen LogP contribution in [0.3, 0.4) is 0 Å². The van der Waals surface area contributed by atoms with Crippen molar-refractivity contribution in [3.05, 3.63) is 34.9 Å². The first-order chi connectivity index (χ1) is 8.27. The van der Waals surface area contributed by atoms with E-state index in [9.17, 15) is 9.90 Å². The zero-order chi connectivity index (χ0) is 13.6. The van der Waals surface area contributed by atoms with Gasteiger partial charge in [0.15, 0.2) is 0 Å². The van der Waals surface area contributed by atoms with Crippen LogP contribution in [0.15, 0.2) is 24.3 Å². The Morgan fingerprint density at radius 1 is 1.33 bits per heavy atom. The van der Waals surface area contributed by atoms with Crippen molar-refractivity contribution < 1.29 is 9.90 Å². The van der Waals surface area contributed by atoms with Crippen LogP contribution >= 0.6 is 11.6 Å². The zero-order valence-electron chi connectivity index (χ0n) is 11.0. The molecule has 1 saturated carbocycles. The predicted octanol–water partition coefficient (Wildman–Crippen LogP) is 4.12. The summed E-state index contributed by atoms with van der Waals surface area (Å²) in [7, 11) is 0. The summed E-state index contributed by atoms with van der Waals surface area (Å²) in [5.74, 6) is -0.319. The molecule has 2 nitrogen and oxygen atoms in total. The molecule has 0 radical (unpaired) electrons. The molecule has 0 aliphatic heterocycles. The van der Waals surface area contributed by atoms with Gasteiger partial charge in [-0.15, -0.1) is 0 Å². The normalized spacial score (nSPS) is 27.7. The van der Waals surface area contributed by atoms with E-state index >= 15 is 0 Å². The Morgan fingerprint density at radius 3 is 2.33 bits per heavy atom. The number of carboxylic acids is 1. The van der Waals surface area contributed by atoms with E-state index in [0.717, 1.165) is 5.56 Å². The Hall–Kier alpha value is -1.02. The topological polar surface area (TPSA) is 37.3 Å². The minimum atomic E-state index is -0.781. The van der Waals surface area contributed by atoms with E-state index < -0.39 is 11.4 Å². The second kappa shape index (κ2) is 4.27. The monoisotopic (exact) mass is 266 g/mol. The van der Waals surface area contributed by atoms with Gasteiger partial charge in [0.2, 0.25) is 0 Å². The number of aliphatic carboxylic acids is 1. The molecule has 1 aliphatic carbocycles. The zero-order valence-corrected chi connectivity index (χ0v) is 11.8. The van der Waals surface area contributed by atoms with Crippen molar-refractivity contribution in [2.45, 2.75) is 39.0 Å². The summed E-state index contributed by atoms with van der Waals surface area (Å²) in [4.78, 5) is 11.7. The summed E-state index contributed by atoms with van der Waals surface area (Å²) in [5.41, 5.74) is 0.135. The number of benzene rings is 1. The van der Waals surface area contributed by atoms with Gasteiger partial charge in [0.1, 0.15) is 0 Å². The van der Waals surface area contributed by atoms with E-state index in [0.29, 0.717) is 23.8 Å². The number of carboxylic acid groups (broad SMARTS) is 1. The highest BCUT2D eigenvalue weighted by Gasteiger charge is 2.55. The fourth-order valence-electron chi connectivity index (χ4n) is 2.75. The molecule has 0 saturated heterocycles. The Bertz CT molecular complexity index is 468. The van der Waals surface area contributed by atoms with Gasteiger partial charge in [0, 0.05) is 5.02 Å². The summed E-state index contributed by atoms with van der Waals surface area (Å²) in [5, 5.41) is 10.1. The lowest BCUT2D eigenvalue weighted by atomic mass is 9.52. The summed E-state index contributed by atoms with van der Waals surface area (Å²) >= 11 is 6.16. The molecule has 0 spiro atoms. The van der Waals surface area contributed by atoms with Crippen molar-refractivity contribution in [1.29, 1.82) is 0 Å². The molecule has 98 valence electrons. The molecule has 2 rings (SSSR count). The van der Waals surface area contributed by atoms with E-state index in [2.05, 4.69) is 20.8 Å². The summed E-state index contributed by atoms with van der Waals surface area (Å²) < 4.78 is 0. The van der Waals surface area contributed by atoms with Gasteiger partial charge in [-0.2, -0.15) is 0 Å². The number of carbonyl (C=O) groups is 1. The fraction of sp³-hybridized carbons (Fsp3) is 0.533. The molecule has 0 atom stereocenters. The lowest BCUT2D eigenvalue weighted by Crippen LogP contribution is -2.51. The third kappa shape index (κ3) is 2.03. The minimum absolute atomic E-state index is 0.153. The van der Waals surface area contributed by atoms with Gasteiger partial charge in [0.25, 0.3) is 0 Å². The largest absolute Gasteiger partial charge is 0.481 e. The molecule has 1 fully saturated rings. The van der Waals surface area contributed by atoms with E-state index in [1.165, 1.54) is 0 Å². The van der Waals surface area contributed by atoms with Gasteiger partial charge in [-0.1, -0.05) is 50.6 Å². The van der Waals surface area contributed by atoms with Crippen molar-refractivity contribution in [2.75, 3.05) is 0 Å². The van der Waals surface area contributed by atoms with Gasteiger partial charge in [-0.3, -0.25) is 4.79 Å². The molecule has 1 aromatic rings. The SMILES string of the molecule is CC(C)(C)C1CC(C(=O)O)(c2ccccc2Cl)C1. The third-order valence-electron chi connectivity index (χ3n) is 4.21. The second-order valence-electron chi connectivity index (χ2n) is 6.34. The molecular formula is C15H19ClO2. The highest BCUT2D eigenvalue weighted by atomic mass is 35.5. The van der Waals surface area contributed by atoms with E-state index in [1.54, 1.807) is 6.07 Å². The molecule has 0 aromatic heterocycles. The standard InChI is InChI=1S/C15H19ClO2/c1-14(2,3)10-8-15(9-10,13(17)18)11-6-4-5-7-12(11)16/h4-7,10H,8-9H2,1-3H3,(H,17,18). The smallest absolute Gasteiger partial charge is 0.314 e. The van der Waals surface area contributed by atoms with Crippen LogP contribution in [-0.2, 0) is 10.2 Å². The van der Waals surface area contributed by atoms with Gasteiger partial charge < -0.3 is 5.11 Å². The van der Waals surface area contributed by atoms with Crippen LogP contribution in [0.1, 0.15) is 39.2 Å². The Labute approximate surface area is 113 Å². The number of hydrogen-bond acceptors (Lipinski definition) is 1. The highest BCUT2D eigenvalue weighted by Crippen LogP contribution is 2.55. The summed E-state index contributed by atoms with van der Waals surface area (Å²) in [6.45, 7) is 6.49.